The predicted octanol–water partition coefficient (Wildman–Crippen LogP) is 2.82. The molecule has 1 heterocycles. The molecule has 1 aliphatic rings. The van der Waals surface area contributed by atoms with Crippen LogP contribution in [0.25, 0.3) is 0 Å². The smallest absolute Gasteiger partial charge is 0.240 e. The van der Waals surface area contributed by atoms with Crippen molar-refractivity contribution in [2.24, 2.45) is 0 Å². The van der Waals surface area contributed by atoms with Gasteiger partial charge in [0.15, 0.2) is 11.5 Å². The van der Waals surface area contributed by atoms with Gasteiger partial charge in [-0.15, -0.1) is 0 Å². The van der Waals surface area contributed by atoms with Crippen molar-refractivity contribution in [2.75, 3.05) is 26.4 Å². The van der Waals surface area contributed by atoms with Crippen molar-refractivity contribution in [3.63, 3.8) is 0 Å². The standard InChI is InChI=1S/C20H32N2O4/c1-5-10-25-17-8-7-16(13-18(17)26-11-6-2)14(3)22-20(23)19-15(4)24-12-9-21-19/h7-8,13-15,19,21H,5-6,9-12H2,1-4H3,(H,22,23)/t14?,15-,19+/m1/s1. The van der Waals surface area contributed by atoms with E-state index in [0.29, 0.717) is 26.4 Å². The number of carbonyl (C=O) groups excluding carboxylic acids is 1. The summed E-state index contributed by atoms with van der Waals surface area (Å²) >= 11 is 0. The highest BCUT2D eigenvalue weighted by Crippen LogP contribution is 2.31. The first-order valence-electron chi connectivity index (χ1n) is 9.61. The van der Waals surface area contributed by atoms with Crippen LogP contribution in [0.5, 0.6) is 11.5 Å². The quantitative estimate of drug-likeness (QED) is 0.705. The Balaban J connectivity index is 2.06. The van der Waals surface area contributed by atoms with E-state index in [1.54, 1.807) is 0 Å². The highest BCUT2D eigenvalue weighted by atomic mass is 16.5. The van der Waals surface area contributed by atoms with E-state index in [0.717, 1.165) is 29.9 Å². The fraction of sp³-hybridized carbons (Fsp3) is 0.650. The Labute approximate surface area is 156 Å². The number of amides is 1. The van der Waals surface area contributed by atoms with Gasteiger partial charge in [-0.3, -0.25) is 4.79 Å². The molecule has 1 aromatic carbocycles. The Hall–Kier alpha value is -1.79. The number of rotatable bonds is 9. The van der Waals surface area contributed by atoms with Gasteiger partial charge in [0.25, 0.3) is 0 Å². The minimum Gasteiger partial charge on any atom is -0.490 e. The van der Waals surface area contributed by atoms with Crippen molar-refractivity contribution in [3.05, 3.63) is 23.8 Å². The van der Waals surface area contributed by atoms with Gasteiger partial charge in [0.1, 0.15) is 6.04 Å². The first kappa shape index (κ1) is 20.5. The largest absolute Gasteiger partial charge is 0.490 e. The molecule has 1 amide bonds. The molecule has 0 radical (unpaired) electrons. The average Bonchev–Trinajstić information content (AvgIpc) is 2.65. The van der Waals surface area contributed by atoms with Crippen LogP contribution in [0, 0.1) is 0 Å². The molecule has 2 N–H and O–H groups in total. The number of hydrogen-bond acceptors (Lipinski definition) is 5. The summed E-state index contributed by atoms with van der Waals surface area (Å²) in [4.78, 5) is 12.5. The van der Waals surface area contributed by atoms with Gasteiger partial charge in [0.2, 0.25) is 5.91 Å². The molecule has 0 aromatic heterocycles. The van der Waals surface area contributed by atoms with Crippen molar-refractivity contribution < 1.29 is 19.0 Å². The molecule has 1 saturated heterocycles. The Morgan fingerprint density at radius 2 is 1.96 bits per heavy atom. The van der Waals surface area contributed by atoms with Crippen LogP contribution in [-0.2, 0) is 9.53 Å². The molecule has 0 spiro atoms. The SMILES string of the molecule is CCCOc1ccc(C(C)NC(=O)[C@H]2NCCO[C@@H]2C)cc1OCCC. The topological polar surface area (TPSA) is 68.8 Å². The number of nitrogens with one attached hydrogen (secondary N) is 2. The maximum Gasteiger partial charge on any atom is 0.240 e. The third kappa shape index (κ3) is 5.61. The van der Waals surface area contributed by atoms with Crippen LogP contribution in [-0.4, -0.2) is 44.4 Å². The maximum atomic E-state index is 12.5. The first-order valence-corrected chi connectivity index (χ1v) is 9.61. The van der Waals surface area contributed by atoms with Crippen molar-refractivity contribution in [1.29, 1.82) is 0 Å². The zero-order valence-corrected chi connectivity index (χ0v) is 16.3. The number of hydrogen-bond donors (Lipinski definition) is 2. The summed E-state index contributed by atoms with van der Waals surface area (Å²) in [5.74, 6) is 1.43. The lowest BCUT2D eigenvalue weighted by Crippen LogP contribution is -2.55. The van der Waals surface area contributed by atoms with Gasteiger partial charge < -0.3 is 24.8 Å². The summed E-state index contributed by atoms with van der Waals surface area (Å²) in [7, 11) is 0. The summed E-state index contributed by atoms with van der Waals surface area (Å²) in [6.45, 7) is 10.6. The van der Waals surface area contributed by atoms with Gasteiger partial charge in [-0.2, -0.15) is 0 Å². The number of carbonyl (C=O) groups is 1. The van der Waals surface area contributed by atoms with E-state index in [1.807, 2.05) is 32.0 Å². The average molecular weight is 364 g/mol. The van der Waals surface area contributed by atoms with Gasteiger partial charge in [0.05, 0.1) is 32.0 Å². The summed E-state index contributed by atoms with van der Waals surface area (Å²) < 4.78 is 17.2. The molecule has 6 heteroatoms. The fourth-order valence-electron chi connectivity index (χ4n) is 2.86. The number of benzene rings is 1. The third-order valence-electron chi connectivity index (χ3n) is 4.35. The minimum atomic E-state index is -0.325. The van der Waals surface area contributed by atoms with Gasteiger partial charge in [-0.05, 0) is 44.4 Å². The van der Waals surface area contributed by atoms with Crippen LogP contribution in [0.4, 0.5) is 0 Å². The van der Waals surface area contributed by atoms with Gasteiger partial charge in [-0.1, -0.05) is 19.9 Å². The summed E-state index contributed by atoms with van der Waals surface area (Å²) in [5, 5.41) is 6.28. The predicted molar refractivity (Wildman–Crippen MR) is 102 cm³/mol. The molecule has 1 aliphatic heterocycles. The van der Waals surface area contributed by atoms with E-state index in [9.17, 15) is 4.79 Å². The van der Waals surface area contributed by atoms with Crippen LogP contribution >= 0.6 is 0 Å². The normalized spacial score (nSPS) is 21.1. The van der Waals surface area contributed by atoms with Gasteiger partial charge in [-0.25, -0.2) is 0 Å². The monoisotopic (exact) mass is 364 g/mol. The zero-order chi connectivity index (χ0) is 18.9. The Kier molecular flexibility index (Phi) is 8.19. The Morgan fingerprint density at radius 3 is 2.62 bits per heavy atom. The summed E-state index contributed by atoms with van der Waals surface area (Å²) in [6.07, 6.45) is 1.73. The van der Waals surface area contributed by atoms with Crippen LogP contribution in [0.1, 0.15) is 52.1 Å². The van der Waals surface area contributed by atoms with Crippen molar-refractivity contribution in [1.82, 2.24) is 10.6 Å². The molecule has 0 bridgehead atoms. The van der Waals surface area contributed by atoms with Crippen LogP contribution in [0.2, 0.25) is 0 Å². The van der Waals surface area contributed by atoms with E-state index in [-0.39, 0.29) is 24.1 Å². The second-order valence-electron chi connectivity index (χ2n) is 6.64. The van der Waals surface area contributed by atoms with E-state index in [2.05, 4.69) is 24.5 Å². The zero-order valence-electron chi connectivity index (χ0n) is 16.3. The highest BCUT2D eigenvalue weighted by molar-refractivity contribution is 5.83. The van der Waals surface area contributed by atoms with Crippen LogP contribution < -0.4 is 20.1 Å². The second kappa shape index (κ2) is 10.4. The van der Waals surface area contributed by atoms with E-state index >= 15 is 0 Å². The van der Waals surface area contributed by atoms with Gasteiger partial charge >= 0.3 is 0 Å². The second-order valence-corrected chi connectivity index (χ2v) is 6.64. The molecular weight excluding hydrogens is 332 g/mol. The summed E-state index contributed by atoms with van der Waals surface area (Å²) in [6, 6.07) is 5.39. The van der Waals surface area contributed by atoms with Crippen LogP contribution in [0.3, 0.4) is 0 Å². The molecular formula is C20H32N2O4. The molecule has 3 atom stereocenters. The highest BCUT2D eigenvalue weighted by Gasteiger charge is 2.29. The van der Waals surface area contributed by atoms with E-state index in [1.165, 1.54) is 0 Å². The Bertz CT molecular complexity index is 579. The lowest BCUT2D eigenvalue weighted by Gasteiger charge is -2.30. The minimum absolute atomic E-state index is 0.0490. The molecule has 26 heavy (non-hydrogen) atoms. The van der Waals surface area contributed by atoms with Crippen molar-refractivity contribution >= 4 is 5.91 Å². The first-order chi connectivity index (χ1) is 12.6. The summed E-state index contributed by atoms with van der Waals surface area (Å²) in [5.41, 5.74) is 0.984. The van der Waals surface area contributed by atoms with Crippen molar-refractivity contribution in [2.45, 2.75) is 58.7 Å². The fourth-order valence-corrected chi connectivity index (χ4v) is 2.86. The molecule has 2 rings (SSSR count). The molecule has 6 nitrogen and oxygen atoms in total. The molecule has 146 valence electrons. The van der Waals surface area contributed by atoms with E-state index in [4.69, 9.17) is 14.2 Å². The molecule has 0 aliphatic carbocycles. The van der Waals surface area contributed by atoms with E-state index < -0.39 is 0 Å². The van der Waals surface area contributed by atoms with Gasteiger partial charge in [0, 0.05) is 6.54 Å². The molecule has 1 aromatic rings. The molecule has 1 fully saturated rings. The van der Waals surface area contributed by atoms with Crippen LogP contribution in [0.15, 0.2) is 18.2 Å². The number of morpholine rings is 1. The molecule has 1 unspecified atom stereocenters. The molecule has 0 saturated carbocycles. The Morgan fingerprint density at radius 1 is 1.27 bits per heavy atom. The third-order valence-corrected chi connectivity index (χ3v) is 4.35. The lowest BCUT2D eigenvalue weighted by molar-refractivity contribution is -0.129. The van der Waals surface area contributed by atoms with Crippen molar-refractivity contribution in [3.8, 4) is 11.5 Å². The lowest BCUT2D eigenvalue weighted by atomic mass is 10.1. The maximum absolute atomic E-state index is 12.5. The number of ether oxygens (including phenoxy) is 3.